The highest BCUT2D eigenvalue weighted by Gasteiger charge is 2.05. The number of nitrogens with zero attached hydrogens (tertiary/aromatic N) is 4. The van der Waals surface area contributed by atoms with E-state index in [1.165, 1.54) is 0 Å². The Kier molecular flexibility index (Phi) is 3.59. The van der Waals surface area contributed by atoms with Gasteiger partial charge in [-0.3, -0.25) is 14.3 Å². The van der Waals surface area contributed by atoms with Crippen LogP contribution in [-0.2, 0) is 6.54 Å². The molecule has 0 amide bonds. The zero-order valence-corrected chi connectivity index (χ0v) is 11.7. The van der Waals surface area contributed by atoms with Gasteiger partial charge in [-0.1, -0.05) is 12.1 Å². The minimum absolute atomic E-state index is 0.0711. The van der Waals surface area contributed by atoms with Crippen LogP contribution in [0.2, 0.25) is 0 Å². The largest absolute Gasteiger partial charge is 0.369 e. The van der Waals surface area contributed by atoms with Gasteiger partial charge in [-0.2, -0.15) is 0 Å². The molecule has 1 aromatic carbocycles. The van der Waals surface area contributed by atoms with E-state index in [0.717, 1.165) is 18.1 Å². The van der Waals surface area contributed by atoms with Crippen molar-refractivity contribution in [3.05, 3.63) is 59.0 Å². The molecule has 0 unspecified atom stereocenters. The molecule has 0 bridgehead atoms. The second kappa shape index (κ2) is 5.70. The van der Waals surface area contributed by atoms with E-state index in [2.05, 4.69) is 20.3 Å². The Hall–Kier alpha value is -2.76. The summed E-state index contributed by atoms with van der Waals surface area (Å²) in [4.78, 5) is 25.2. The lowest BCUT2D eigenvalue weighted by Gasteiger charge is -2.07. The lowest BCUT2D eigenvalue weighted by molar-refractivity contribution is 0.725. The number of aromatic nitrogens is 4. The van der Waals surface area contributed by atoms with Gasteiger partial charge < -0.3 is 5.32 Å². The van der Waals surface area contributed by atoms with Gasteiger partial charge >= 0.3 is 0 Å². The molecule has 1 N–H and O–H groups in total. The molecule has 0 aliphatic heterocycles. The Morgan fingerprint density at radius 3 is 2.76 bits per heavy atom. The molecular weight excluding hydrogens is 266 g/mol. The molecule has 0 saturated carbocycles. The van der Waals surface area contributed by atoms with Gasteiger partial charge in [0, 0.05) is 6.54 Å². The molecule has 2 heterocycles. The summed E-state index contributed by atoms with van der Waals surface area (Å²) in [5.74, 6) is 0.727. The first kappa shape index (κ1) is 13.2. The molecule has 6 nitrogen and oxygen atoms in total. The first-order valence-corrected chi connectivity index (χ1v) is 6.77. The quantitative estimate of drug-likeness (QED) is 0.787. The standard InChI is InChI=1S/C15H15N5O/c1-2-16-14-8-17-11(7-18-14)9-20-10-19-13-6-4-3-5-12(13)15(20)21/h3-8,10H,2,9H2,1H3,(H,16,18). The van der Waals surface area contributed by atoms with Crippen molar-refractivity contribution >= 4 is 16.7 Å². The lowest BCUT2D eigenvalue weighted by atomic mass is 10.2. The van der Waals surface area contributed by atoms with Crippen molar-refractivity contribution in [2.75, 3.05) is 11.9 Å². The van der Waals surface area contributed by atoms with Gasteiger partial charge in [0.1, 0.15) is 5.82 Å². The maximum atomic E-state index is 12.4. The third-order valence-corrected chi connectivity index (χ3v) is 3.13. The van der Waals surface area contributed by atoms with Crippen molar-refractivity contribution in [3.8, 4) is 0 Å². The second-order valence-electron chi connectivity index (χ2n) is 4.62. The van der Waals surface area contributed by atoms with Crippen LogP contribution in [0, 0.1) is 0 Å². The first-order valence-electron chi connectivity index (χ1n) is 6.77. The van der Waals surface area contributed by atoms with Gasteiger partial charge in [-0.05, 0) is 19.1 Å². The average Bonchev–Trinajstić information content (AvgIpc) is 2.52. The summed E-state index contributed by atoms with van der Waals surface area (Å²) in [6.45, 7) is 3.15. The number of hydrogen-bond acceptors (Lipinski definition) is 5. The monoisotopic (exact) mass is 281 g/mol. The first-order chi connectivity index (χ1) is 10.3. The summed E-state index contributed by atoms with van der Waals surface area (Å²) >= 11 is 0. The Bertz CT molecular complexity index is 810. The van der Waals surface area contributed by atoms with Gasteiger partial charge in [-0.15, -0.1) is 0 Å². The molecule has 2 aromatic heterocycles. The van der Waals surface area contributed by atoms with Crippen LogP contribution in [0.1, 0.15) is 12.6 Å². The predicted octanol–water partition coefficient (Wildman–Crippen LogP) is 1.67. The molecule has 0 aliphatic carbocycles. The molecule has 106 valence electrons. The van der Waals surface area contributed by atoms with Crippen molar-refractivity contribution in [3.63, 3.8) is 0 Å². The Morgan fingerprint density at radius 1 is 1.14 bits per heavy atom. The fourth-order valence-electron chi connectivity index (χ4n) is 2.10. The highest BCUT2D eigenvalue weighted by atomic mass is 16.1. The van der Waals surface area contributed by atoms with Crippen LogP contribution < -0.4 is 10.9 Å². The van der Waals surface area contributed by atoms with Crippen molar-refractivity contribution in [1.29, 1.82) is 0 Å². The zero-order valence-electron chi connectivity index (χ0n) is 11.7. The molecule has 3 rings (SSSR count). The number of fused-ring (bicyclic) bond motifs is 1. The molecule has 0 aliphatic rings. The summed E-state index contributed by atoms with van der Waals surface area (Å²) in [6, 6.07) is 7.30. The van der Waals surface area contributed by atoms with Gasteiger partial charge in [0.05, 0.1) is 41.9 Å². The van der Waals surface area contributed by atoms with Crippen LogP contribution in [-0.4, -0.2) is 26.1 Å². The Labute approximate surface area is 121 Å². The molecule has 0 saturated heterocycles. The van der Waals surface area contributed by atoms with Crippen LogP contribution in [0.25, 0.3) is 10.9 Å². The summed E-state index contributed by atoms with van der Waals surface area (Å²) in [5, 5.41) is 3.69. The third kappa shape index (κ3) is 2.74. The number of hydrogen-bond donors (Lipinski definition) is 1. The normalized spacial score (nSPS) is 10.7. The van der Waals surface area contributed by atoms with Gasteiger partial charge in [0.15, 0.2) is 0 Å². The van der Waals surface area contributed by atoms with Gasteiger partial charge in [-0.25, -0.2) is 9.97 Å². The maximum Gasteiger partial charge on any atom is 0.261 e. The maximum absolute atomic E-state index is 12.4. The van der Waals surface area contributed by atoms with Crippen LogP contribution in [0.5, 0.6) is 0 Å². The lowest BCUT2D eigenvalue weighted by Crippen LogP contribution is -2.21. The van der Waals surface area contributed by atoms with Crippen LogP contribution in [0.4, 0.5) is 5.82 Å². The smallest absolute Gasteiger partial charge is 0.261 e. The SMILES string of the molecule is CCNc1cnc(Cn2cnc3ccccc3c2=O)cn1. The summed E-state index contributed by atoms with van der Waals surface area (Å²) < 4.78 is 1.54. The van der Waals surface area contributed by atoms with E-state index in [0.29, 0.717) is 17.4 Å². The van der Waals surface area contributed by atoms with Gasteiger partial charge in [0.2, 0.25) is 0 Å². The highest BCUT2D eigenvalue weighted by molar-refractivity contribution is 5.76. The van der Waals surface area contributed by atoms with Crippen LogP contribution >= 0.6 is 0 Å². The fourth-order valence-corrected chi connectivity index (χ4v) is 2.10. The van der Waals surface area contributed by atoms with Crippen molar-refractivity contribution in [1.82, 2.24) is 19.5 Å². The van der Waals surface area contributed by atoms with Gasteiger partial charge in [0.25, 0.3) is 5.56 Å². The zero-order chi connectivity index (χ0) is 14.7. The van der Waals surface area contributed by atoms with Crippen LogP contribution in [0.3, 0.4) is 0 Å². The number of anilines is 1. The van der Waals surface area contributed by atoms with E-state index in [9.17, 15) is 4.79 Å². The van der Waals surface area contributed by atoms with E-state index in [1.807, 2.05) is 25.1 Å². The van der Waals surface area contributed by atoms with Crippen molar-refractivity contribution in [2.24, 2.45) is 0 Å². The van der Waals surface area contributed by atoms with E-state index < -0.39 is 0 Å². The van der Waals surface area contributed by atoms with E-state index in [1.54, 1.807) is 29.4 Å². The van der Waals surface area contributed by atoms with Crippen molar-refractivity contribution < 1.29 is 0 Å². The number of benzene rings is 1. The van der Waals surface area contributed by atoms with E-state index in [-0.39, 0.29) is 5.56 Å². The molecular formula is C15H15N5O. The fraction of sp³-hybridized carbons (Fsp3) is 0.200. The molecule has 6 heteroatoms. The number of rotatable bonds is 4. The average molecular weight is 281 g/mol. The Morgan fingerprint density at radius 2 is 2.00 bits per heavy atom. The predicted molar refractivity (Wildman–Crippen MR) is 81.3 cm³/mol. The molecule has 0 fully saturated rings. The molecule has 21 heavy (non-hydrogen) atoms. The molecule has 3 aromatic rings. The highest BCUT2D eigenvalue weighted by Crippen LogP contribution is 2.06. The van der Waals surface area contributed by atoms with E-state index >= 15 is 0 Å². The molecule has 0 spiro atoms. The Balaban J connectivity index is 1.91. The number of nitrogens with one attached hydrogen (secondary N) is 1. The van der Waals surface area contributed by atoms with E-state index in [4.69, 9.17) is 0 Å². The third-order valence-electron chi connectivity index (χ3n) is 3.13. The van der Waals surface area contributed by atoms with Crippen LogP contribution in [0.15, 0.2) is 47.8 Å². The summed E-state index contributed by atoms with van der Waals surface area (Å²) in [6.07, 6.45) is 4.88. The van der Waals surface area contributed by atoms with Crippen molar-refractivity contribution in [2.45, 2.75) is 13.5 Å². The minimum Gasteiger partial charge on any atom is -0.369 e. The molecule has 0 radical (unpaired) electrons. The molecule has 0 atom stereocenters. The topological polar surface area (TPSA) is 72.7 Å². The summed E-state index contributed by atoms with van der Waals surface area (Å²) in [7, 11) is 0. The minimum atomic E-state index is -0.0711. The summed E-state index contributed by atoms with van der Waals surface area (Å²) in [5.41, 5.74) is 1.35. The number of para-hydroxylation sites is 1. The second-order valence-corrected chi connectivity index (χ2v) is 4.62.